The van der Waals surface area contributed by atoms with Crippen LogP contribution in [0.2, 0.25) is 0 Å². The highest BCUT2D eigenvalue weighted by Gasteiger charge is 2.28. The molecule has 0 aliphatic rings. The van der Waals surface area contributed by atoms with Crippen molar-refractivity contribution in [3.63, 3.8) is 0 Å². The summed E-state index contributed by atoms with van der Waals surface area (Å²) in [6.45, 7) is 6.50. The molecule has 0 aliphatic carbocycles. The first kappa shape index (κ1) is 22.0. The van der Waals surface area contributed by atoms with Crippen molar-refractivity contribution in [1.82, 2.24) is 16.0 Å². The summed E-state index contributed by atoms with van der Waals surface area (Å²) in [5, 5.41) is 6.51. The van der Waals surface area contributed by atoms with Gasteiger partial charge in [0.25, 0.3) is 0 Å². The smallest absolute Gasteiger partial charge is 0.329 e. The van der Waals surface area contributed by atoms with E-state index in [0.717, 1.165) is 5.56 Å². The molecule has 5 nitrogen and oxygen atoms in total. The number of hydrogen-bond donors (Lipinski definition) is 3. The van der Waals surface area contributed by atoms with Crippen LogP contribution in [0.15, 0.2) is 24.3 Å². The van der Waals surface area contributed by atoms with Crippen LogP contribution in [0.4, 0.5) is 18.0 Å². The number of rotatable bonds is 7. The van der Waals surface area contributed by atoms with Gasteiger partial charge in [0.15, 0.2) is 0 Å². The Kier molecular flexibility index (Phi) is 8.08. The molecule has 0 aliphatic heterocycles. The average Bonchev–Trinajstić information content (AvgIpc) is 2.52. The molecule has 1 rings (SSSR count). The van der Waals surface area contributed by atoms with Gasteiger partial charge in [0.05, 0.1) is 6.54 Å². The maximum Gasteiger partial charge on any atom is 0.405 e. The largest absolute Gasteiger partial charge is 0.405 e. The highest BCUT2D eigenvalue weighted by atomic mass is 19.4. The lowest BCUT2D eigenvalue weighted by Crippen LogP contribution is -2.46. The fraction of sp³-hybridized carbons (Fsp3) is 0.556. The zero-order valence-corrected chi connectivity index (χ0v) is 15.4. The van der Waals surface area contributed by atoms with Crippen molar-refractivity contribution < 1.29 is 22.8 Å². The standard InChI is InChI=1S/C18H26F3N3O2/c1-11(2)13-5-7-14(8-6-13)16(12(3)4)22-9-15(25)24-17(26)23-10-18(19,20)21/h5-8,11-12,16,22H,9-10H2,1-4H3,(H2,23,24,25,26)/t16-/m0/s1. The zero-order chi connectivity index (χ0) is 19.9. The van der Waals surface area contributed by atoms with Crippen LogP contribution in [0.5, 0.6) is 0 Å². The molecule has 1 aromatic carbocycles. The maximum absolute atomic E-state index is 12.0. The van der Waals surface area contributed by atoms with Crippen molar-refractivity contribution in [3.8, 4) is 0 Å². The van der Waals surface area contributed by atoms with E-state index in [-0.39, 0.29) is 18.5 Å². The van der Waals surface area contributed by atoms with E-state index in [1.54, 1.807) is 5.32 Å². The van der Waals surface area contributed by atoms with Crippen molar-refractivity contribution in [2.45, 2.75) is 45.8 Å². The van der Waals surface area contributed by atoms with Gasteiger partial charge in [-0.2, -0.15) is 13.2 Å². The van der Waals surface area contributed by atoms with Gasteiger partial charge in [-0.3, -0.25) is 10.1 Å². The fourth-order valence-electron chi connectivity index (χ4n) is 2.42. The van der Waals surface area contributed by atoms with Crippen molar-refractivity contribution in [3.05, 3.63) is 35.4 Å². The fourth-order valence-corrected chi connectivity index (χ4v) is 2.42. The predicted molar refractivity (Wildman–Crippen MR) is 93.7 cm³/mol. The molecule has 0 unspecified atom stereocenters. The number of imide groups is 1. The molecular formula is C18H26F3N3O2. The minimum Gasteiger partial charge on any atom is -0.329 e. The Bertz CT molecular complexity index is 599. The number of halogens is 3. The first-order valence-corrected chi connectivity index (χ1v) is 8.47. The monoisotopic (exact) mass is 373 g/mol. The van der Waals surface area contributed by atoms with E-state index in [4.69, 9.17) is 0 Å². The highest BCUT2D eigenvalue weighted by Crippen LogP contribution is 2.23. The van der Waals surface area contributed by atoms with E-state index in [2.05, 4.69) is 19.2 Å². The van der Waals surface area contributed by atoms with Gasteiger partial charge in [-0.1, -0.05) is 52.0 Å². The van der Waals surface area contributed by atoms with Crippen LogP contribution >= 0.6 is 0 Å². The molecule has 0 bridgehead atoms. The van der Waals surface area contributed by atoms with Crippen LogP contribution in [0.25, 0.3) is 0 Å². The van der Waals surface area contributed by atoms with Gasteiger partial charge in [-0.05, 0) is 23.0 Å². The third-order valence-corrected chi connectivity index (χ3v) is 3.81. The molecule has 0 aromatic heterocycles. The van der Waals surface area contributed by atoms with Gasteiger partial charge >= 0.3 is 12.2 Å². The molecule has 0 radical (unpaired) electrons. The minimum atomic E-state index is -4.52. The number of hydrogen-bond acceptors (Lipinski definition) is 3. The van der Waals surface area contributed by atoms with Crippen LogP contribution < -0.4 is 16.0 Å². The average molecular weight is 373 g/mol. The number of alkyl halides is 3. The number of carbonyl (C=O) groups is 2. The van der Waals surface area contributed by atoms with E-state index in [1.807, 2.05) is 43.4 Å². The Morgan fingerprint density at radius 3 is 2.00 bits per heavy atom. The first-order chi connectivity index (χ1) is 12.0. The summed E-state index contributed by atoms with van der Waals surface area (Å²) in [4.78, 5) is 23.0. The second-order valence-electron chi connectivity index (χ2n) is 6.77. The summed E-state index contributed by atoms with van der Waals surface area (Å²) in [5.74, 6) is -0.114. The lowest BCUT2D eigenvalue weighted by atomic mass is 9.93. The van der Waals surface area contributed by atoms with Gasteiger partial charge in [-0.15, -0.1) is 0 Å². The molecular weight excluding hydrogens is 347 g/mol. The van der Waals surface area contributed by atoms with E-state index in [0.29, 0.717) is 5.92 Å². The van der Waals surface area contributed by atoms with Crippen LogP contribution in [0.3, 0.4) is 0 Å². The topological polar surface area (TPSA) is 70.2 Å². The summed E-state index contributed by atoms with van der Waals surface area (Å²) in [5.41, 5.74) is 2.20. The van der Waals surface area contributed by atoms with E-state index < -0.39 is 24.7 Å². The maximum atomic E-state index is 12.0. The van der Waals surface area contributed by atoms with Gasteiger partial charge in [0, 0.05) is 6.04 Å². The Morgan fingerprint density at radius 2 is 1.54 bits per heavy atom. The second kappa shape index (κ2) is 9.56. The minimum absolute atomic E-state index is 0.125. The molecule has 0 heterocycles. The molecule has 1 atom stereocenters. The molecule has 0 saturated heterocycles. The van der Waals surface area contributed by atoms with Gasteiger partial charge in [0.2, 0.25) is 5.91 Å². The predicted octanol–water partition coefficient (Wildman–Crippen LogP) is 3.48. The number of nitrogens with one attached hydrogen (secondary N) is 3. The summed E-state index contributed by atoms with van der Waals surface area (Å²) in [6.07, 6.45) is -4.52. The summed E-state index contributed by atoms with van der Waals surface area (Å²) in [7, 11) is 0. The van der Waals surface area contributed by atoms with Gasteiger partial charge in [-0.25, -0.2) is 4.79 Å². The Labute approximate surface area is 151 Å². The zero-order valence-electron chi connectivity index (χ0n) is 15.4. The second-order valence-corrected chi connectivity index (χ2v) is 6.77. The van der Waals surface area contributed by atoms with Crippen LogP contribution in [0, 0.1) is 5.92 Å². The summed E-state index contributed by atoms with van der Waals surface area (Å²) < 4.78 is 36.1. The third kappa shape index (κ3) is 7.86. The first-order valence-electron chi connectivity index (χ1n) is 8.47. The molecule has 146 valence electrons. The molecule has 0 spiro atoms. The lowest BCUT2D eigenvalue weighted by molar-refractivity contribution is -0.124. The van der Waals surface area contributed by atoms with Crippen LogP contribution in [-0.4, -0.2) is 31.2 Å². The molecule has 1 aromatic rings. The molecule has 0 saturated carbocycles. The molecule has 3 amide bonds. The van der Waals surface area contributed by atoms with Crippen LogP contribution in [-0.2, 0) is 4.79 Å². The third-order valence-electron chi connectivity index (χ3n) is 3.81. The summed E-state index contributed by atoms with van der Waals surface area (Å²) >= 11 is 0. The Hall–Kier alpha value is -2.09. The quantitative estimate of drug-likeness (QED) is 0.685. The Morgan fingerprint density at radius 1 is 1.00 bits per heavy atom. The van der Waals surface area contributed by atoms with Crippen molar-refractivity contribution in [2.75, 3.05) is 13.1 Å². The number of amides is 3. The van der Waals surface area contributed by atoms with Crippen molar-refractivity contribution >= 4 is 11.9 Å². The van der Waals surface area contributed by atoms with E-state index >= 15 is 0 Å². The highest BCUT2D eigenvalue weighted by molar-refractivity contribution is 5.95. The molecule has 8 heteroatoms. The van der Waals surface area contributed by atoms with E-state index in [1.165, 1.54) is 5.56 Å². The number of urea groups is 1. The lowest BCUT2D eigenvalue weighted by Gasteiger charge is -2.23. The normalized spacial score (nSPS) is 13.0. The molecule has 26 heavy (non-hydrogen) atoms. The summed E-state index contributed by atoms with van der Waals surface area (Å²) in [6, 6.07) is 6.74. The van der Waals surface area contributed by atoms with E-state index in [9.17, 15) is 22.8 Å². The molecule has 0 fully saturated rings. The van der Waals surface area contributed by atoms with Gasteiger partial charge < -0.3 is 10.6 Å². The van der Waals surface area contributed by atoms with Crippen LogP contribution in [0.1, 0.15) is 50.8 Å². The Balaban J connectivity index is 2.57. The van der Waals surface area contributed by atoms with Crippen molar-refractivity contribution in [2.24, 2.45) is 5.92 Å². The SMILES string of the molecule is CC(C)c1ccc([C@@H](NCC(=O)NC(=O)NCC(F)(F)F)C(C)C)cc1. The number of benzene rings is 1. The molecule has 3 N–H and O–H groups in total. The number of carbonyl (C=O) groups excluding carboxylic acids is 2. The van der Waals surface area contributed by atoms with Crippen molar-refractivity contribution in [1.29, 1.82) is 0 Å². The van der Waals surface area contributed by atoms with Gasteiger partial charge in [0.1, 0.15) is 6.54 Å².